The van der Waals surface area contributed by atoms with E-state index in [1.807, 2.05) is 0 Å². The summed E-state index contributed by atoms with van der Waals surface area (Å²) in [7, 11) is -1.68. The molecule has 0 aromatic heterocycles. The molecule has 0 aliphatic carbocycles. The molecule has 0 bridgehead atoms. The van der Waals surface area contributed by atoms with Crippen LogP contribution in [0.5, 0.6) is 0 Å². The topological polar surface area (TPSA) is 9.23 Å². The molecule has 1 nitrogen and oxygen atoms in total. The van der Waals surface area contributed by atoms with Crippen molar-refractivity contribution in [2.75, 3.05) is 6.61 Å². The van der Waals surface area contributed by atoms with Crippen LogP contribution in [0.2, 0.25) is 13.1 Å². The Bertz CT molecular complexity index is 375. The lowest BCUT2D eigenvalue weighted by Crippen LogP contribution is -2.44. The van der Waals surface area contributed by atoms with Gasteiger partial charge in [-0.05, 0) is 24.7 Å². The number of hydrogen-bond donors (Lipinski definition) is 0. The lowest BCUT2D eigenvalue weighted by atomic mass is 10.1. The molecule has 1 rings (SSSR count). The van der Waals surface area contributed by atoms with Gasteiger partial charge in [-0.25, -0.2) is 0 Å². The summed E-state index contributed by atoms with van der Waals surface area (Å²) in [5, 5.41) is 1.41. The summed E-state index contributed by atoms with van der Waals surface area (Å²) in [6.07, 6.45) is 15.3. The molecule has 0 radical (unpaired) electrons. The maximum absolute atomic E-state index is 6.24. The number of rotatable bonds is 14. The summed E-state index contributed by atoms with van der Waals surface area (Å²) in [4.78, 5) is 0. The summed E-state index contributed by atoms with van der Waals surface area (Å²) in [5.74, 6) is 0. The Kier molecular flexibility index (Phi) is 11.4. The van der Waals surface area contributed by atoms with Crippen LogP contribution in [0.4, 0.5) is 0 Å². The zero-order valence-corrected chi connectivity index (χ0v) is 16.8. The fraction of sp³-hybridized carbons (Fsp3) is 0.714. The van der Waals surface area contributed by atoms with Crippen LogP contribution in [0.1, 0.15) is 77.6 Å². The van der Waals surface area contributed by atoms with Crippen molar-refractivity contribution < 1.29 is 4.43 Å². The standard InChI is InChI=1S/C21H38OSi/c1-4-5-6-7-8-9-10-11-12-13-17-20-22-23(2,3)21-18-15-14-16-19-21/h14-16,18-19H,4-13,17,20H2,1-3H3. The van der Waals surface area contributed by atoms with Gasteiger partial charge in [0.2, 0.25) is 8.32 Å². The zero-order chi connectivity index (χ0) is 16.8. The van der Waals surface area contributed by atoms with E-state index in [0.717, 1.165) is 6.61 Å². The highest BCUT2D eigenvalue weighted by molar-refractivity contribution is 6.84. The second kappa shape index (κ2) is 12.8. The minimum atomic E-state index is -1.68. The second-order valence-corrected chi connectivity index (χ2v) is 11.1. The van der Waals surface area contributed by atoms with E-state index in [1.165, 1.54) is 75.8 Å². The summed E-state index contributed by atoms with van der Waals surface area (Å²) < 4.78 is 6.24. The molecule has 0 fully saturated rings. The van der Waals surface area contributed by atoms with Crippen molar-refractivity contribution in [3.8, 4) is 0 Å². The SMILES string of the molecule is CCCCCCCCCCCCCO[Si](C)(C)c1ccccc1. The van der Waals surface area contributed by atoms with E-state index in [1.54, 1.807) is 0 Å². The zero-order valence-electron chi connectivity index (χ0n) is 15.8. The summed E-state index contributed by atoms with van der Waals surface area (Å²) in [6.45, 7) is 7.83. The number of benzene rings is 1. The lowest BCUT2D eigenvalue weighted by Gasteiger charge is -2.23. The molecule has 0 saturated carbocycles. The smallest absolute Gasteiger partial charge is 0.218 e. The van der Waals surface area contributed by atoms with Crippen LogP contribution in [-0.4, -0.2) is 14.9 Å². The van der Waals surface area contributed by atoms with Crippen LogP contribution in [0.3, 0.4) is 0 Å². The van der Waals surface area contributed by atoms with Gasteiger partial charge in [-0.3, -0.25) is 0 Å². The normalized spacial score (nSPS) is 11.8. The van der Waals surface area contributed by atoms with Crippen molar-refractivity contribution in [2.45, 2.75) is 90.6 Å². The van der Waals surface area contributed by atoms with Crippen LogP contribution >= 0.6 is 0 Å². The minimum absolute atomic E-state index is 0.936. The highest BCUT2D eigenvalue weighted by atomic mass is 28.4. The van der Waals surface area contributed by atoms with Crippen LogP contribution in [0.25, 0.3) is 0 Å². The molecule has 0 amide bonds. The van der Waals surface area contributed by atoms with Crippen molar-refractivity contribution >= 4 is 13.5 Å². The third kappa shape index (κ3) is 9.98. The summed E-state index contributed by atoms with van der Waals surface area (Å²) >= 11 is 0. The number of hydrogen-bond acceptors (Lipinski definition) is 1. The van der Waals surface area contributed by atoms with Gasteiger partial charge in [-0.1, -0.05) is 101 Å². The third-order valence-electron chi connectivity index (χ3n) is 4.68. The van der Waals surface area contributed by atoms with Crippen LogP contribution < -0.4 is 5.19 Å². The van der Waals surface area contributed by atoms with Gasteiger partial charge in [-0.15, -0.1) is 0 Å². The van der Waals surface area contributed by atoms with Gasteiger partial charge in [-0.2, -0.15) is 0 Å². The second-order valence-electron chi connectivity index (χ2n) is 7.26. The van der Waals surface area contributed by atoms with Gasteiger partial charge in [0.15, 0.2) is 0 Å². The van der Waals surface area contributed by atoms with E-state index < -0.39 is 8.32 Å². The highest BCUT2D eigenvalue weighted by Gasteiger charge is 2.24. The van der Waals surface area contributed by atoms with Gasteiger partial charge in [0.25, 0.3) is 0 Å². The molecule has 0 aliphatic rings. The van der Waals surface area contributed by atoms with E-state index in [0.29, 0.717) is 0 Å². The number of unbranched alkanes of at least 4 members (excludes halogenated alkanes) is 10. The van der Waals surface area contributed by atoms with Crippen LogP contribution in [-0.2, 0) is 4.43 Å². The van der Waals surface area contributed by atoms with Crippen molar-refractivity contribution in [1.82, 2.24) is 0 Å². The largest absolute Gasteiger partial charge is 0.413 e. The van der Waals surface area contributed by atoms with Crippen molar-refractivity contribution in [3.63, 3.8) is 0 Å². The first-order valence-electron chi connectivity index (χ1n) is 9.86. The third-order valence-corrected chi connectivity index (χ3v) is 7.33. The Morgan fingerprint density at radius 3 is 1.70 bits per heavy atom. The molecule has 0 atom stereocenters. The van der Waals surface area contributed by atoms with E-state index in [2.05, 4.69) is 50.3 Å². The quantitative estimate of drug-likeness (QED) is 0.281. The van der Waals surface area contributed by atoms with E-state index in [4.69, 9.17) is 4.43 Å². The van der Waals surface area contributed by atoms with E-state index in [9.17, 15) is 0 Å². The van der Waals surface area contributed by atoms with Gasteiger partial charge in [0.05, 0.1) is 0 Å². The van der Waals surface area contributed by atoms with Crippen LogP contribution in [0.15, 0.2) is 30.3 Å². The molecule has 0 N–H and O–H groups in total. The van der Waals surface area contributed by atoms with Crippen LogP contribution in [0, 0.1) is 0 Å². The first kappa shape index (κ1) is 20.4. The van der Waals surface area contributed by atoms with Gasteiger partial charge < -0.3 is 4.43 Å². The van der Waals surface area contributed by atoms with E-state index in [-0.39, 0.29) is 0 Å². The van der Waals surface area contributed by atoms with Gasteiger partial charge in [0.1, 0.15) is 0 Å². The van der Waals surface area contributed by atoms with Gasteiger partial charge >= 0.3 is 0 Å². The average Bonchev–Trinajstić information content (AvgIpc) is 2.56. The molecule has 0 aliphatic heterocycles. The molecule has 0 spiro atoms. The Labute approximate surface area is 146 Å². The predicted molar refractivity (Wildman–Crippen MR) is 106 cm³/mol. The van der Waals surface area contributed by atoms with Crippen molar-refractivity contribution in [1.29, 1.82) is 0 Å². The van der Waals surface area contributed by atoms with E-state index >= 15 is 0 Å². The summed E-state index contributed by atoms with van der Waals surface area (Å²) in [5.41, 5.74) is 0. The fourth-order valence-corrected chi connectivity index (χ4v) is 4.83. The molecular weight excluding hydrogens is 296 g/mol. The Balaban J connectivity index is 1.93. The molecule has 0 saturated heterocycles. The fourth-order valence-electron chi connectivity index (χ4n) is 3.02. The Morgan fingerprint density at radius 2 is 1.17 bits per heavy atom. The molecule has 23 heavy (non-hydrogen) atoms. The van der Waals surface area contributed by atoms with Crippen molar-refractivity contribution in [3.05, 3.63) is 30.3 Å². The lowest BCUT2D eigenvalue weighted by molar-refractivity contribution is 0.302. The maximum atomic E-state index is 6.24. The maximum Gasteiger partial charge on any atom is 0.218 e. The molecule has 1 aromatic rings. The molecule has 0 heterocycles. The van der Waals surface area contributed by atoms with Gasteiger partial charge in [0, 0.05) is 6.61 Å². The molecule has 2 heteroatoms. The Morgan fingerprint density at radius 1 is 0.696 bits per heavy atom. The Hall–Kier alpha value is -0.603. The average molecular weight is 335 g/mol. The first-order chi connectivity index (χ1) is 11.2. The summed E-state index contributed by atoms with van der Waals surface area (Å²) in [6, 6.07) is 10.8. The molecule has 1 aromatic carbocycles. The molecular formula is C21H38OSi. The first-order valence-corrected chi connectivity index (χ1v) is 12.8. The highest BCUT2D eigenvalue weighted by Crippen LogP contribution is 2.12. The predicted octanol–water partition coefficient (Wildman–Crippen LogP) is 6.43. The van der Waals surface area contributed by atoms with Crippen molar-refractivity contribution in [2.24, 2.45) is 0 Å². The minimum Gasteiger partial charge on any atom is -0.413 e. The molecule has 132 valence electrons. The monoisotopic (exact) mass is 334 g/mol. The molecule has 0 unspecified atom stereocenters.